The van der Waals surface area contributed by atoms with Crippen LogP contribution < -0.4 is 10.6 Å². The third-order valence-corrected chi connectivity index (χ3v) is 8.12. The van der Waals surface area contributed by atoms with E-state index in [0.717, 1.165) is 23.3 Å². The van der Waals surface area contributed by atoms with Crippen molar-refractivity contribution >= 4 is 43.7 Å². The van der Waals surface area contributed by atoms with E-state index in [0.29, 0.717) is 11.3 Å². The van der Waals surface area contributed by atoms with E-state index < -0.39 is 37.9 Å². The van der Waals surface area contributed by atoms with Crippen molar-refractivity contribution in [1.29, 1.82) is 0 Å². The number of rotatable bonds is 2. The molecule has 2 N–H and O–H groups in total. The third kappa shape index (κ3) is 5.08. The Morgan fingerprint density at radius 1 is 1.00 bits per heavy atom. The number of nitrogens with zero attached hydrogens (tertiary/aromatic N) is 2. The second kappa shape index (κ2) is 9.00. The summed E-state index contributed by atoms with van der Waals surface area (Å²) >= 11 is -1.50. The number of amides is 2. The SMILES string of the molecule is CI1N=Cc2c(C#Cc3cccc(NC(=O)Nc4cccc(C(F)(F)F)c4)c3)cncc21. The van der Waals surface area contributed by atoms with Crippen LogP contribution in [0.5, 0.6) is 0 Å². The zero-order valence-electron chi connectivity index (χ0n) is 16.7. The molecule has 32 heavy (non-hydrogen) atoms. The van der Waals surface area contributed by atoms with E-state index in [4.69, 9.17) is 0 Å². The van der Waals surface area contributed by atoms with Gasteiger partial charge in [0, 0.05) is 0 Å². The van der Waals surface area contributed by atoms with E-state index in [1.807, 2.05) is 12.4 Å². The number of alkyl halides is 4. The Balaban J connectivity index is 1.47. The number of aromatic nitrogens is 1. The predicted octanol–water partition coefficient (Wildman–Crippen LogP) is 5.80. The van der Waals surface area contributed by atoms with Crippen LogP contribution in [0.15, 0.2) is 64.1 Å². The molecule has 2 aromatic carbocycles. The summed E-state index contributed by atoms with van der Waals surface area (Å²) in [4.78, 5) is 18.6. The van der Waals surface area contributed by atoms with Crippen LogP contribution in [0.4, 0.5) is 29.3 Å². The van der Waals surface area contributed by atoms with Crippen molar-refractivity contribution in [2.75, 3.05) is 15.6 Å². The van der Waals surface area contributed by atoms with Crippen molar-refractivity contribution in [2.24, 2.45) is 3.21 Å². The quantitative estimate of drug-likeness (QED) is 0.242. The molecular weight excluding hydrogens is 532 g/mol. The van der Waals surface area contributed by atoms with Gasteiger partial charge in [0.15, 0.2) is 0 Å². The van der Waals surface area contributed by atoms with Gasteiger partial charge in [-0.25, -0.2) is 0 Å². The van der Waals surface area contributed by atoms with Crippen LogP contribution >= 0.6 is 20.1 Å². The molecular formula is C23H16F3IN4O. The van der Waals surface area contributed by atoms with Gasteiger partial charge in [-0.3, -0.25) is 0 Å². The van der Waals surface area contributed by atoms with Crippen LogP contribution in [-0.4, -0.2) is 22.2 Å². The minimum atomic E-state index is -4.48. The Kier molecular flexibility index (Phi) is 6.14. The molecule has 0 spiro atoms. The summed E-state index contributed by atoms with van der Waals surface area (Å²) in [5, 5.41) is 5.02. The molecule has 0 saturated heterocycles. The summed E-state index contributed by atoms with van der Waals surface area (Å²) in [5.41, 5.74) is 2.15. The zero-order chi connectivity index (χ0) is 22.7. The van der Waals surface area contributed by atoms with Crippen molar-refractivity contribution in [3.63, 3.8) is 0 Å². The number of urea groups is 1. The van der Waals surface area contributed by atoms with Crippen LogP contribution in [0.1, 0.15) is 22.3 Å². The molecule has 2 amide bonds. The van der Waals surface area contributed by atoms with E-state index in [2.05, 4.69) is 35.6 Å². The first kappa shape index (κ1) is 21.8. The van der Waals surface area contributed by atoms with E-state index >= 15 is 0 Å². The summed E-state index contributed by atoms with van der Waals surface area (Å²) in [5.74, 6) is 6.17. The van der Waals surface area contributed by atoms with Crippen LogP contribution in [0.3, 0.4) is 0 Å². The first-order valence-corrected chi connectivity index (χ1v) is 13.5. The Bertz CT molecular complexity index is 1280. The molecule has 0 fully saturated rings. The number of pyridine rings is 1. The van der Waals surface area contributed by atoms with E-state index in [9.17, 15) is 18.0 Å². The van der Waals surface area contributed by atoms with E-state index in [1.165, 1.54) is 15.7 Å². The topological polar surface area (TPSA) is 66.4 Å². The van der Waals surface area contributed by atoms with Gasteiger partial charge in [-0.1, -0.05) is 6.07 Å². The molecule has 0 bridgehead atoms. The van der Waals surface area contributed by atoms with Crippen molar-refractivity contribution in [3.05, 3.63) is 86.7 Å². The van der Waals surface area contributed by atoms with E-state index in [1.54, 1.807) is 30.5 Å². The standard InChI is InChI=1S/C23H16F3IN4O/c1-27-21-14-28-12-16(20(21)13-29-27)9-8-15-4-2-6-18(10-15)30-22(32)31-19-7-3-5-17(11-19)23(24,25)26/h2-7,10-14H,1H3,(H2,30,31,32). The first-order chi connectivity index (χ1) is 15.3. The molecule has 1 aromatic heterocycles. The predicted molar refractivity (Wildman–Crippen MR) is 127 cm³/mol. The fraction of sp³-hybridized carbons (Fsp3) is 0.0870. The number of nitrogens with one attached hydrogen (secondary N) is 2. The van der Waals surface area contributed by atoms with Gasteiger partial charge in [-0.05, 0) is 18.2 Å². The minimum absolute atomic E-state index is 0.0404. The molecule has 0 saturated carbocycles. The third-order valence-electron chi connectivity index (χ3n) is 4.47. The molecule has 0 unspecified atom stereocenters. The number of hydrogen-bond acceptors (Lipinski definition) is 3. The molecule has 9 heteroatoms. The van der Waals surface area contributed by atoms with Gasteiger partial charge in [0.2, 0.25) is 0 Å². The summed E-state index contributed by atoms with van der Waals surface area (Å²) < 4.78 is 44.2. The molecule has 0 atom stereocenters. The Hall–Kier alpha value is -3.39. The molecule has 0 aliphatic carbocycles. The number of fused-ring (bicyclic) bond motifs is 1. The molecule has 0 radical (unpaired) electrons. The zero-order valence-corrected chi connectivity index (χ0v) is 18.8. The molecule has 5 nitrogen and oxygen atoms in total. The van der Waals surface area contributed by atoms with Gasteiger partial charge in [0.05, 0.1) is 5.56 Å². The molecule has 4 rings (SSSR count). The Labute approximate surface area is 189 Å². The summed E-state index contributed by atoms with van der Waals surface area (Å²) in [6.07, 6.45) is 0.938. The van der Waals surface area contributed by atoms with Gasteiger partial charge >= 0.3 is 147 Å². The fourth-order valence-electron chi connectivity index (χ4n) is 2.95. The first-order valence-electron chi connectivity index (χ1n) is 9.29. The van der Waals surface area contributed by atoms with Crippen LogP contribution in [0, 0.1) is 15.4 Å². The van der Waals surface area contributed by atoms with Crippen LogP contribution in [0.25, 0.3) is 0 Å². The number of carbonyl (C=O) groups excluding carboxylic acids is 1. The molecule has 2 heterocycles. The normalized spacial score (nSPS) is 13.2. The fourth-order valence-corrected chi connectivity index (χ4v) is 5.78. The number of anilines is 2. The average molecular weight is 548 g/mol. The molecule has 1 aliphatic rings. The maximum atomic E-state index is 12.8. The van der Waals surface area contributed by atoms with Crippen molar-refractivity contribution in [3.8, 4) is 11.8 Å². The number of halogens is 4. The summed E-state index contributed by atoms with van der Waals surface area (Å²) in [6, 6.07) is 10.7. The number of carbonyl (C=O) groups is 1. The molecule has 3 aromatic rings. The summed E-state index contributed by atoms with van der Waals surface area (Å²) in [6.45, 7) is 0. The Morgan fingerprint density at radius 2 is 1.72 bits per heavy atom. The van der Waals surface area contributed by atoms with Gasteiger partial charge in [0.25, 0.3) is 0 Å². The van der Waals surface area contributed by atoms with Gasteiger partial charge in [-0.15, -0.1) is 0 Å². The van der Waals surface area contributed by atoms with Crippen LogP contribution in [-0.2, 0) is 6.18 Å². The molecule has 1 aliphatic heterocycles. The van der Waals surface area contributed by atoms with E-state index in [-0.39, 0.29) is 5.69 Å². The van der Waals surface area contributed by atoms with Gasteiger partial charge in [-0.2, -0.15) is 13.2 Å². The second-order valence-electron chi connectivity index (χ2n) is 6.74. The Morgan fingerprint density at radius 3 is 2.47 bits per heavy atom. The van der Waals surface area contributed by atoms with Crippen molar-refractivity contribution in [1.82, 2.24) is 4.98 Å². The monoisotopic (exact) mass is 548 g/mol. The van der Waals surface area contributed by atoms with Gasteiger partial charge < -0.3 is 0 Å². The number of benzene rings is 2. The second-order valence-corrected chi connectivity index (χ2v) is 11.0. The number of hydrogen-bond donors (Lipinski definition) is 2. The molecule has 162 valence electrons. The average Bonchev–Trinajstić information content (AvgIpc) is 3.13. The van der Waals surface area contributed by atoms with Crippen molar-refractivity contribution in [2.45, 2.75) is 6.18 Å². The van der Waals surface area contributed by atoms with Crippen LogP contribution in [0.2, 0.25) is 0 Å². The summed E-state index contributed by atoms with van der Waals surface area (Å²) in [7, 11) is 0. The van der Waals surface area contributed by atoms with Gasteiger partial charge in [0.1, 0.15) is 0 Å². The maximum absolute atomic E-state index is 12.8. The van der Waals surface area contributed by atoms with Crippen molar-refractivity contribution < 1.29 is 18.0 Å².